The first-order valence-electron chi connectivity index (χ1n) is 8.88. The summed E-state index contributed by atoms with van der Waals surface area (Å²) in [6, 6.07) is 15.4. The number of esters is 1. The number of ether oxygens (including phenoxy) is 2. The van der Waals surface area contributed by atoms with Crippen molar-refractivity contribution in [2.45, 2.75) is 20.0 Å². The number of carbonyl (C=O) groups excluding carboxylic acids is 1. The maximum Gasteiger partial charge on any atom is 0.332 e. The van der Waals surface area contributed by atoms with Crippen LogP contribution in [0, 0.1) is 23.2 Å². The van der Waals surface area contributed by atoms with Crippen LogP contribution < -0.4 is 0 Å². The highest BCUT2D eigenvalue weighted by Gasteiger charge is 2.11. The molecule has 0 fully saturated rings. The molecule has 0 bridgehead atoms. The van der Waals surface area contributed by atoms with Gasteiger partial charge in [-0.25, -0.2) is 9.78 Å². The molecule has 2 aromatic heterocycles. The van der Waals surface area contributed by atoms with E-state index in [0.717, 1.165) is 16.8 Å². The maximum absolute atomic E-state index is 11.5. The van der Waals surface area contributed by atoms with E-state index in [1.165, 1.54) is 0 Å². The molecule has 0 radical (unpaired) electrons. The Balaban J connectivity index is 1.83. The number of benzene rings is 1. The van der Waals surface area contributed by atoms with Crippen LogP contribution in [0.2, 0.25) is 0 Å². The summed E-state index contributed by atoms with van der Waals surface area (Å²) in [5.74, 6) is 5.88. The Kier molecular flexibility index (Phi) is 6.41. The van der Waals surface area contributed by atoms with Crippen LogP contribution in [0.3, 0.4) is 0 Å². The third kappa shape index (κ3) is 4.76. The number of hydrogen-bond donors (Lipinski definition) is 0. The van der Waals surface area contributed by atoms with Gasteiger partial charge in [0.25, 0.3) is 0 Å². The van der Waals surface area contributed by atoms with E-state index >= 15 is 0 Å². The maximum atomic E-state index is 11.5. The lowest BCUT2D eigenvalue weighted by Crippen LogP contribution is -2.12. The molecule has 3 rings (SSSR count). The van der Waals surface area contributed by atoms with Gasteiger partial charge < -0.3 is 9.47 Å². The number of hydrogen-bond acceptors (Lipinski definition) is 5. The Bertz CT molecular complexity index is 1070. The fourth-order valence-electron chi connectivity index (χ4n) is 2.64. The third-order valence-electron chi connectivity index (χ3n) is 3.93. The fourth-order valence-corrected chi connectivity index (χ4v) is 2.64. The normalized spacial score (nSPS) is 10.1. The van der Waals surface area contributed by atoms with Gasteiger partial charge in [0.1, 0.15) is 23.6 Å². The van der Waals surface area contributed by atoms with Crippen molar-refractivity contribution in [1.29, 1.82) is 5.26 Å². The summed E-state index contributed by atoms with van der Waals surface area (Å²) in [6.07, 6.45) is 2.26. The van der Waals surface area contributed by atoms with Crippen LogP contribution in [0.25, 0.3) is 5.65 Å². The third-order valence-corrected chi connectivity index (χ3v) is 3.93. The van der Waals surface area contributed by atoms with Gasteiger partial charge in [0.05, 0.1) is 25.7 Å². The topological polar surface area (TPSA) is 76.6 Å². The molecule has 0 N–H and O–H groups in total. The molecule has 0 aliphatic carbocycles. The van der Waals surface area contributed by atoms with Crippen molar-refractivity contribution >= 4 is 11.6 Å². The summed E-state index contributed by atoms with van der Waals surface area (Å²) >= 11 is 0. The lowest BCUT2D eigenvalue weighted by Gasteiger charge is -2.03. The summed E-state index contributed by atoms with van der Waals surface area (Å²) < 4.78 is 12.2. The van der Waals surface area contributed by atoms with Gasteiger partial charge >= 0.3 is 5.97 Å². The summed E-state index contributed by atoms with van der Waals surface area (Å²) in [7, 11) is 0. The number of fused-ring (bicyclic) bond motifs is 1. The van der Waals surface area contributed by atoms with Crippen molar-refractivity contribution in [1.82, 2.24) is 9.38 Å². The molecule has 28 heavy (non-hydrogen) atoms. The van der Waals surface area contributed by atoms with Crippen LogP contribution in [-0.4, -0.2) is 28.6 Å². The molecule has 1 aromatic carbocycles. The molecule has 2 heterocycles. The molecule has 3 aromatic rings. The highest BCUT2D eigenvalue weighted by atomic mass is 16.6. The van der Waals surface area contributed by atoms with Crippen LogP contribution in [0.5, 0.6) is 0 Å². The standard InChI is InChI=1S/C22H19N3O3/c1-2-28-22(26)16-27-15-19-20(25-14-4-3-5-21(25)24-19)11-10-17-6-8-18(9-7-17)12-13-23/h3-9,14H,2,12,15-16H2,1H3. The second-order valence-electron chi connectivity index (χ2n) is 5.92. The molecule has 140 valence electrons. The van der Waals surface area contributed by atoms with E-state index in [1.807, 2.05) is 53.1 Å². The second kappa shape index (κ2) is 9.36. The molecule has 0 unspecified atom stereocenters. The summed E-state index contributed by atoms with van der Waals surface area (Å²) in [5.41, 5.74) is 3.91. The Morgan fingerprint density at radius 2 is 2.00 bits per heavy atom. The van der Waals surface area contributed by atoms with Crippen molar-refractivity contribution in [2.24, 2.45) is 0 Å². The monoisotopic (exact) mass is 373 g/mol. The van der Waals surface area contributed by atoms with Gasteiger partial charge in [0, 0.05) is 11.8 Å². The van der Waals surface area contributed by atoms with E-state index in [0.29, 0.717) is 24.4 Å². The largest absolute Gasteiger partial charge is 0.464 e. The molecule has 0 aliphatic heterocycles. The van der Waals surface area contributed by atoms with Crippen LogP contribution in [0.4, 0.5) is 0 Å². The summed E-state index contributed by atoms with van der Waals surface area (Å²) in [5, 5.41) is 8.76. The Hall–Kier alpha value is -3.61. The number of pyridine rings is 1. The second-order valence-corrected chi connectivity index (χ2v) is 5.92. The first-order valence-corrected chi connectivity index (χ1v) is 8.88. The lowest BCUT2D eigenvalue weighted by molar-refractivity contribution is -0.148. The molecule has 0 saturated heterocycles. The number of nitriles is 1. The molecule has 0 spiro atoms. The van der Waals surface area contributed by atoms with Gasteiger partial charge in [0.2, 0.25) is 0 Å². The lowest BCUT2D eigenvalue weighted by atomic mass is 10.1. The zero-order chi connectivity index (χ0) is 19.8. The van der Waals surface area contributed by atoms with E-state index in [4.69, 9.17) is 14.7 Å². The Morgan fingerprint density at radius 1 is 1.18 bits per heavy atom. The van der Waals surface area contributed by atoms with E-state index in [-0.39, 0.29) is 13.2 Å². The van der Waals surface area contributed by atoms with Crippen LogP contribution >= 0.6 is 0 Å². The van der Waals surface area contributed by atoms with Gasteiger partial charge in [-0.05, 0) is 42.7 Å². The highest BCUT2D eigenvalue weighted by molar-refractivity contribution is 5.70. The molecule has 6 nitrogen and oxygen atoms in total. The molecular formula is C22H19N3O3. The van der Waals surface area contributed by atoms with Gasteiger partial charge in [-0.3, -0.25) is 4.40 Å². The summed E-state index contributed by atoms with van der Waals surface area (Å²) in [4.78, 5) is 16.0. The predicted octanol–water partition coefficient (Wildman–Crippen LogP) is 2.88. The first kappa shape index (κ1) is 19.2. The van der Waals surface area contributed by atoms with Gasteiger partial charge in [0.15, 0.2) is 0 Å². The van der Waals surface area contributed by atoms with Crippen molar-refractivity contribution in [3.8, 4) is 17.9 Å². The number of rotatable bonds is 6. The molecule has 0 aliphatic rings. The van der Waals surface area contributed by atoms with Crippen LogP contribution in [0.15, 0.2) is 48.7 Å². The summed E-state index contributed by atoms with van der Waals surface area (Å²) in [6.45, 7) is 2.10. The number of aromatic nitrogens is 2. The van der Waals surface area contributed by atoms with Crippen LogP contribution in [-0.2, 0) is 27.3 Å². The zero-order valence-corrected chi connectivity index (χ0v) is 15.5. The fraction of sp³-hybridized carbons (Fsp3) is 0.227. The minimum Gasteiger partial charge on any atom is -0.464 e. The van der Waals surface area contributed by atoms with Crippen molar-refractivity contribution < 1.29 is 14.3 Å². The SMILES string of the molecule is CCOC(=O)COCc1nc2ccccn2c1C#Cc1ccc(CC#N)cc1. The number of carbonyl (C=O) groups is 1. The minimum absolute atomic E-state index is 0.130. The Labute approximate surface area is 163 Å². The predicted molar refractivity (Wildman–Crippen MR) is 103 cm³/mol. The van der Waals surface area contributed by atoms with E-state index in [9.17, 15) is 4.79 Å². The Morgan fingerprint density at radius 3 is 2.75 bits per heavy atom. The average molecular weight is 373 g/mol. The van der Waals surface area contributed by atoms with Crippen LogP contribution in [0.1, 0.15) is 29.4 Å². The van der Waals surface area contributed by atoms with Gasteiger partial charge in [-0.2, -0.15) is 5.26 Å². The van der Waals surface area contributed by atoms with E-state index < -0.39 is 5.97 Å². The van der Waals surface area contributed by atoms with E-state index in [1.54, 1.807) is 6.92 Å². The molecule has 0 amide bonds. The van der Waals surface area contributed by atoms with E-state index in [2.05, 4.69) is 22.9 Å². The number of nitrogens with zero attached hydrogens (tertiary/aromatic N) is 3. The minimum atomic E-state index is -0.406. The van der Waals surface area contributed by atoms with Gasteiger partial charge in [-0.1, -0.05) is 24.1 Å². The van der Waals surface area contributed by atoms with Gasteiger partial charge in [-0.15, -0.1) is 0 Å². The molecular weight excluding hydrogens is 354 g/mol. The number of imidazole rings is 1. The quantitative estimate of drug-likeness (QED) is 0.490. The van der Waals surface area contributed by atoms with Crippen molar-refractivity contribution in [3.63, 3.8) is 0 Å². The molecule has 0 atom stereocenters. The van der Waals surface area contributed by atoms with Crippen molar-refractivity contribution in [3.05, 3.63) is 71.2 Å². The zero-order valence-electron chi connectivity index (χ0n) is 15.5. The smallest absolute Gasteiger partial charge is 0.332 e. The highest BCUT2D eigenvalue weighted by Crippen LogP contribution is 2.13. The molecule has 0 saturated carbocycles. The molecule has 6 heteroatoms. The van der Waals surface area contributed by atoms with Crippen molar-refractivity contribution in [2.75, 3.05) is 13.2 Å². The average Bonchev–Trinajstić information content (AvgIpc) is 3.05. The first-order chi connectivity index (χ1) is 13.7.